The maximum atomic E-state index is 5.46. The standard InChI is InChI=1S/C9H10BrN3S/c1-14-9(11)13-12-6-7-3-2-4-8(10)5-7/h2-6H,1H3,(H2,11,13)/b12-6-. The summed E-state index contributed by atoms with van der Waals surface area (Å²) >= 11 is 4.74. The molecule has 74 valence electrons. The lowest BCUT2D eigenvalue weighted by atomic mass is 10.2. The van der Waals surface area contributed by atoms with Crippen LogP contribution in [0.5, 0.6) is 0 Å². The second kappa shape index (κ2) is 5.82. The minimum absolute atomic E-state index is 0.455. The first kappa shape index (κ1) is 11.3. The van der Waals surface area contributed by atoms with Crippen LogP contribution in [0.25, 0.3) is 0 Å². The van der Waals surface area contributed by atoms with Gasteiger partial charge in [-0.1, -0.05) is 39.8 Å². The van der Waals surface area contributed by atoms with Crippen molar-refractivity contribution in [1.82, 2.24) is 0 Å². The molecule has 2 N–H and O–H groups in total. The molecule has 3 nitrogen and oxygen atoms in total. The minimum atomic E-state index is 0.455. The molecule has 1 aromatic rings. The molecule has 0 radical (unpaired) electrons. The summed E-state index contributed by atoms with van der Waals surface area (Å²) in [4.78, 5) is 0. The van der Waals surface area contributed by atoms with Crippen molar-refractivity contribution in [2.45, 2.75) is 0 Å². The topological polar surface area (TPSA) is 50.7 Å². The second-order valence-electron chi connectivity index (χ2n) is 2.44. The van der Waals surface area contributed by atoms with Crippen LogP contribution in [-0.4, -0.2) is 17.6 Å². The van der Waals surface area contributed by atoms with E-state index in [1.807, 2.05) is 30.5 Å². The summed E-state index contributed by atoms with van der Waals surface area (Å²) in [6, 6.07) is 7.79. The van der Waals surface area contributed by atoms with Gasteiger partial charge in [-0.2, -0.15) is 5.10 Å². The van der Waals surface area contributed by atoms with Gasteiger partial charge >= 0.3 is 0 Å². The molecule has 0 aromatic heterocycles. The predicted octanol–water partition coefficient (Wildman–Crippen LogP) is 2.46. The van der Waals surface area contributed by atoms with Crippen molar-refractivity contribution in [3.63, 3.8) is 0 Å². The molecule has 0 bridgehead atoms. The zero-order valence-corrected chi connectivity index (χ0v) is 10.0. The Morgan fingerprint density at radius 3 is 3.00 bits per heavy atom. The van der Waals surface area contributed by atoms with E-state index in [0.29, 0.717) is 5.17 Å². The second-order valence-corrected chi connectivity index (χ2v) is 4.18. The molecule has 0 fully saturated rings. The van der Waals surface area contributed by atoms with Gasteiger partial charge in [0.15, 0.2) is 5.17 Å². The molecule has 0 unspecified atom stereocenters. The van der Waals surface area contributed by atoms with Crippen LogP contribution >= 0.6 is 27.7 Å². The third-order valence-electron chi connectivity index (χ3n) is 1.42. The number of rotatable bonds is 2. The highest BCUT2D eigenvalue weighted by atomic mass is 79.9. The van der Waals surface area contributed by atoms with Crippen LogP contribution in [0.2, 0.25) is 0 Å². The van der Waals surface area contributed by atoms with E-state index in [4.69, 9.17) is 5.73 Å². The van der Waals surface area contributed by atoms with E-state index in [-0.39, 0.29) is 0 Å². The smallest absolute Gasteiger partial charge is 0.180 e. The van der Waals surface area contributed by atoms with E-state index < -0.39 is 0 Å². The molecule has 1 rings (SSSR count). The van der Waals surface area contributed by atoms with Gasteiger partial charge in [-0.25, -0.2) is 0 Å². The molecular weight excluding hydrogens is 262 g/mol. The first-order valence-corrected chi connectivity index (χ1v) is 5.90. The quantitative estimate of drug-likeness (QED) is 0.511. The molecule has 0 amide bonds. The van der Waals surface area contributed by atoms with E-state index in [9.17, 15) is 0 Å². The first-order valence-electron chi connectivity index (χ1n) is 3.88. The molecule has 0 aliphatic rings. The normalized spacial score (nSPS) is 12.3. The van der Waals surface area contributed by atoms with Crippen LogP contribution in [-0.2, 0) is 0 Å². The number of halogens is 1. The lowest BCUT2D eigenvalue weighted by Crippen LogP contribution is -2.03. The predicted molar refractivity (Wildman–Crippen MR) is 66.9 cm³/mol. The fourth-order valence-corrected chi connectivity index (χ4v) is 1.33. The first-order chi connectivity index (χ1) is 6.72. The van der Waals surface area contributed by atoms with E-state index in [0.717, 1.165) is 10.0 Å². The van der Waals surface area contributed by atoms with Crippen LogP contribution in [0.3, 0.4) is 0 Å². The zero-order chi connectivity index (χ0) is 10.4. The summed E-state index contributed by atoms with van der Waals surface area (Å²) in [6.45, 7) is 0. The lowest BCUT2D eigenvalue weighted by Gasteiger charge is -1.92. The Balaban J connectivity index is 2.69. The highest BCUT2D eigenvalue weighted by molar-refractivity contribution is 9.10. The fourth-order valence-electron chi connectivity index (χ4n) is 0.780. The highest BCUT2D eigenvalue weighted by Gasteiger charge is 1.88. The van der Waals surface area contributed by atoms with Crippen molar-refractivity contribution in [3.05, 3.63) is 34.3 Å². The van der Waals surface area contributed by atoms with Crippen LogP contribution in [0.15, 0.2) is 38.9 Å². The van der Waals surface area contributed by atoms with Crippen molar-refractivity contribution in [1.29, 1.82) is 0 Å². The van der Waals surface area contributed by atoms with Gasteiger partial charge in [0.2, 0.25) is 0 Å². The van der Waals surface area contributed by atoms with Crippen LogP contribution in [0, 0.1) is 0 Å². The Kier molecular flexibility index (Phi) is 4.69. The van der Waals surface area contributed by atoms with Crippen LogP contribution in [0.1, 0.15) is 5.56 Å². The number of hydrogen-bond donors (Lipinski definition) is 1. The third kappa shape index (κ3) is 3.93. The molecular formula is C9H10BrN3S. The molecule has 0 spiro atoms. The highest BCUT2D eigenvalue weighted by Crippen LogP contribution is 2.09. The molecule has 0 saturated carbocycles. The van der Waals surface area contributed by atoms with Gasteiger partial charge in [-0.15, -0.1) is 5.10 Å². The number of nitrogens with zero attached hydrogens (tertiary/aromatic N) is 2. The van der Waals surface area contributed by atoms with Crippen molar-refractivity contribution < 1.29 is 0 Å². The number of benzene rings is 1. The van der Waals surface area contributed by atoms with Gasteiger partial charge in [-0.05, 0) is 24.0 Å². The lowest BCUT2D eigenvalue weighted by molar-refractivity contribution is 1.25. The number of hydrogen-bond acceptors (Lipinski definition) is 3. The number of amidine groups is 1. The third-order valence-corrected chi connectivity index (χ3v) is 2.41. The summed E-state index contributed by atoms with van der Waals surface area (Å²) < 4.78 is 1.02. The van der Waals surface area contributed by atoms with Gasteiger partial charge in [-0.3, -0.25) is 0 Å². The summed E-state index contributed by atoms with van der Waals surface area (Å²) in [5.74, 6) is 0. The average Bonchev–Trinajstić information content (AvgIpc) is 2.17. The van der Waals surface area contributed by atoms with Gasteiger partial charge in [0.25, 0.3) is 0 Å². The van der Waals surface area contributed by atoms with Crippen molar-refractivity contribution in [2.75, 3.05) is 6.26 Å². The summed E-state index contributed by atoms with van der Waals surface area (Å²) in [6.07, 6.45) is 3.52. The Hall–Kier alpha value is -0.810. The number of nitrogens with two attached hydrogens (primary N) is 1. The van der Waals surface area contributed by atoms with Gasteiger partial charge in [0, 0.05) is 4.47 Å². The van der Waals surface area contributed by atoms with Gasteiger partial charge in [0.1, 0.15) is 0 Å². The van der Waals surface area contributed by atoms with Crippen molar-refractivity contribution in [2.24, 2.45) is 15.9 Å². The molecule has 0 saturated heterocycles. The summed E-state index contributed by atoms with van der Waals surface area (Å²) in [7, 11) is 0. The summed E-state index contributed by atoms with van der Waals surface area (Å²) in [5, 5.41) is 8.08. The maximum Gasteiger partial charge on any atom is 0.180 e. The van der Waals surface area contributed by atoms with Gasteiger partial charge < -0.3 is 5.73 Å². The molecule has 0 heterocycles. The molecule has 14 heavy (non-hydrogen) atoms. The fraction of sp³-hybridized carbons (Fsp3) is 0.111. The maximum absolute atomic E-state index is 5.46. The average molecular weight is 272 g/mol. The summed E-state index contributed by atoms with van der Waals surface area (Å²) in [5.41, 5.74) is 6.44. The van der Waals surface area contributed by atoms with Crippen LogP contribution in [0.4, 0.5) is 0 Å². The molecule has 0 aliphatic carbocycles. The van der Waals surface area contributed by atoms with Gasteiger partial charge in [0.05, 0.1) is 6.21 Å². The zero-order valence-electron chi connectivity index (χ0n) is 7.64. The van der Waals surface area contributed by atoms with E-state index in [1.165, 1.54) is 11.8 Å². The molecule has 5 heteroatoms. The Labute approximate surface area is 95.6 Å². The molecule has 0 aliphatic heterocycles. The molecule has 1 aromatic carbocycles. The minimum Gasteiger partial charge on any atom is -0.377 e. The van der Waals surface area contributed by atoms with E-state index in [1.54, 1.807) is 6.21 Å². The van der Waals surface area contributed by atoms with E-state index in [2.05, 4.69) is 26.1 Å². The monoisotopic (exact) mass is 271 g/mol. The Morgan fingerprint density at radius 2 is 2.36 bits per heavy atom. The van der Waals surface area contributed by atoms with Crippen molar-refractivity contribution in [3.8, 4) is 0 Å². The largest absolute Gasteiger partial charge is 0.377 e. The Morgan fingerprint density at radius 1 is 1.57 bits per heavy atom. The number of thioether (sulfide) groups is 1. The van der Waals surface area contributed by atoms with Crippen molar-refractivity contribution >= 4 is 39.1 Å². The SMILES string of the molecule is CS/C(N)=N/N=C\c1cccc(Br)c1. The van der Waals surface area contributed by atoms with Crippen LogP contribution < -0.4 is 5.73 Å². The molecule has 0 atom stereocenters. The Bertz CT molecular complexity index is 363. The van der Waals surface area contributed by atoms with E-state index >= 15 is 0 Å².